The van der Waals surface area contributed by atoms with Crippen molar-refractivity contribution < 1.29 is 23.9 Å². The second kappa shape index (κ2) is 8.40. The fraction of sp³-hybridized carbons (Fsp3) is 0.393. The van der Waals surface area contributed by atoms with Crippen LogP contribution >= 0.6 is 0 Å². The second-order valence-corrected chi connectivity index (χ2v) is 10.6. The number of rotatable bonds is 3. The molecule has 0 radical (unpaired) electrons. The average molecular weight is 490 g/mol. The first-order valence-corrected chi connectivity index (χ1v) is 12.2. The van der Waals surface area contributed by atoms with Gasteiger partial charge >= 0.3 is 6.03 Å². The Morgan fingerprint density at radius 3 is 2.53 bits per heavy atom. The summed E-state index contributed by atoms with van der Waals surface area (Å²) in [6.45, 7) is 13.2. The summed E-state index contributed by atoms with van der Waals surface area (Å²) in [5.41, 5.74) is 4.31. The molecule has 3 aliphatic rings. The van der Waals surface area contributed by atoms with Crippen LogP contribution in [0.2, 0.25) is 0 Å². The van der Waals surface area contributed by atoms with Crippen LogP contribution in [0.15, 0.2) is 35.9 Å². The van der Waals surface area contributed by atoms with Crippen LogP contribution in [0, 0.1) is 6.92 Å². The van der Waals surface area contributed by atoms with Crippen LogP contribution in [0.4, 0.5) is 16.2 Å². The number of urea groups is 1. The fourth-order valence-electron chi connectivity index (χ4n) is 5.82. The maximum atomic E-state index is 13.4. The number of hydrogen-bond donors (Lipinski definition) is 1. The first-order valence-electron chi connectivity index (χ1n) is 12.2. The smallest absolute Gasteiger partial charge is 0.335 e. The van der Waals surface area contributed by atoms with E-state index < -0.39 is 17.8 Å². The lowest BCUT2D eigenvalue weighted by Gasteiger charge is -2.50. The number of hydrogen-bond acceptors (Lipinski definition) is 6. The van der Waals surface area contributed by atoms with Crippen LogP contribution in [0.5, 0.6) is 11.5 Å². The van der Waals surface area contributed by atoms with Crippen molar-refractivity contribution in [2.45, 2.75) is 65.5 Å². The van der Waals surface area contributed by atoms with Crippen LogP contribution < -0.4 is 24.6 Å². The van der Waals surface area contributed by atoms with Crippen molar-refractivity contribution in [3.05, 3.63) is 52.6 Å². The number of nitrogens with zero attached hydrogens (tertiary/aromatic N) is 2. The highest BCUT2D eigenvalue weighted by Crippen LogP contribution is 2.45. The van der Waals surface area contributed by atoms with Crippen molar-refractivity contribution in [2.75, 3.05) is 16.6 Å². The highest BCUT2D eigenvalue weighted by Gasteiger charge is 2.39. The van der Waals surface area contributed by atoms with E-state index in [1.807, 2.05) is 6.92 Å². The van der Waals surface area contributed by atoms with Gasteiger partial charge in [-0.2, -0.15) is 0 Å². The Kier molecular flexibility index (Phi) is 5.58. The molecule has 0 aromatic heterocycles. The van der Waals surface area contributed by atoms with Crippen LogP contribution in [-0.2, 0) is 9.59 Å². The van der Waals surface area contributed by atoms with Crippen molar-refractivity contribution in [3.8, 4) is 11.5 Å². The Balaban J connectivity index is 1.55. The highest BCUT2D eigenvalue weighted by atomic mass is 16.7. The van der Waals surface area contributed by atoms with E-state index in [-0.39, 0.29) is 17.9 Å². The molecule has 8 nitrogen and oxygen atoms in total. The van der Waals surface area contributed by atoms with E-state index in [1.54, 1.807) is 24.3 Å². The molecule has 3 heterocycles. The number of amides is 4. The Morgan fingerprint density at radius 1 is 1.08 bits per heavy atom. The molecule has 36 heavy (non-hydrogen) atoms. The molecule has 188 valence electrons. The number of nitrogens with one attached hydrogen (secondary N) is 1. The van der Waals surface area contributed by atoms with Crippen molar-refractivity contribution >= 4 is 35.3 Å². The maximum Gasteiger partial charge on any atom is 0.335 e. The van der Waals surface area contributed by atoms with Gasteiger partial charge in [0.15, 0.2) is 11.5 Å². The van der Waals surface area contributed by atoms with E-state index in [9.17, 15) is 14.4 Å². The molecule has 1 atom stereocenters. The first-order chi connectivity index (χ1) is 17.0. The third-order valence-electron chi connectivity index (χ3n) is 7.20. The standard InChI is InChI=1S/C28H31N3O5/c1-15(2)31-22-9-16(3)18(10-20(22)17(4)13-28(31,5)6)11-21-25(32)29-27(34)30(26(21)33)19-7-8-23-24(12-19)36-14-35-23/h7-12,15,17H,13-14H2,1-6H3,(H,29,32,34)/b21-11+. The van der Waals surface area contributed by atoms with Gasteiger partial charge in [-0.25, -0.2) is 9.69 Å². The van der Waals surface area contributed by atoms with Gasteiger partial charge in [-0.05, 0) is 94.0 Å². The SMILES string of the molecule is Cc1cc2c(cc1/C=C1\C(=O)NC(=O)N(c3ccc4c(c3)OCO4)C1=O)C(C)CC(C)(C)N2C(C)C. The predicted molar refractivity (Wildman–Crippen MR) is 137 cm³/mol. The van der Waals surface area contributed by atoms with E-state index >= 15 is 0 Å². The summed E-state index contributed by atoms with van der Waals surface area (Å²) < 4.78 is 10.7. The zero-order valence-corrected chi connectivity index (χ0v) is 21.5. The number of carbonyl (C=O) groups is 3. The molecule has 1 fully saturated rings. The number of aryl methyl sites for hydroxylation is 1. The van der Waals surface area contributed by atoms with E-state index in [4.69, 9.17) is 9.47 Å². The molecule has 4 amide bonds. The van der Waals surface area contributed by atoms with Gasteiger partial charge in [0.25, 0.3) is 11.8 Å². The third kappa shape index (κ3) is 3.81. The molecule has 0 bridgehead atoms. The summed E-state index contributed by atoms with van der Waals surface area (Å²) >= 11 is 0. The van der Waals surface area contributed by atoms with Crippen molar-refractivity contribution in [1.29, 1.82) is 0 Å². The first kappa shape index (κ1) is 23.9. The molecule has 0 spiro atoms. The van der Waals surface area contributed by atoms with E-state index in [0.29, 0.717) is 29.1 Å². The van der Waals surface area contributed by atoms with Crippen LogP contribution in [-0.4, -0.2) is 36.2 Å². The summed E-state index contributed by atoms with van der Waals surface area (Å²) in [4.78, 5) is 42.3. The van der Waals surface area contributed by atoms with Crippen LogP contribution in [0.1, 0.15) is 63.6 Å². The number of carbonyl (C=O) groups excluding carboxylic acids is 3. The molecule has 2 aromatic carbocycles. The lowest BCUT2D eigenvalue weighted by molar-refractivity contribution is -0.122. The Labute approximate surface area is 210 Å². The highest BCUT2D eigenvalue weighted by molar-refractivity contribution is 6.39. The number of benzene rings is 2. The molecule has 2 aromatic rings. The molecule has 1 saturated heterocycles. The van der Waals surface area contributed by atoms with Gasteiger partial charge < -0.3 is 14.4 Å². The van der Waals surface area contributed by atoms with Crippen LogP contribution in [0.25, 0.3) is 6.08 Å². The van der Waals surface area contributed by atoms with Gasteiger partial charge in [0.1, 0.15) is 5.57 Å². The third-order valence-corrected chi connectivity index (χ3v) is 7.20. The van der Waals surface area contributed by atoms with Gasteiger partial charge in [-0.1, -0.05) is 6.92 Å². The largest absolute Gasteiger partial charge is 0.454 e. The molecule has 0 saturated carbocycles. The van der Waals surface area contributed by atoms with E-state index in [0.717, 1.165) is 22.4 Å². The number of ether oxygens (including phenoxy) is 2. The Morgan fingerprint density at radius 2 is 1.81 bits per heavy atom. The molecule has 8 heteroatoms. The Hall–Kier alpha value is -3.81. The van der Waals surface area contributed by atoms with E-state index in [2.05, 4.69) is 57.0 Å². The Bertz CT molecular complexity index is 1330. The minimum absolute atomic E-state index is 0.0116. The summed E-state index contributed by atoms with van der Waals surface area (Å²) in [6, 6.07) is 8.52. The summed E-state index contributed by atoms with van der Waals surface area (Å²) in [6.07, 6.45) is 2.58. The number of barbiturate groups is 1. The normalized spacial score (nSPS) is 21.8. The average Bonchev–Trinajstić information content (AvgIpc) is 3.24. The van der Waals surface area contributed by atoms with Crippen molar-refractivity contribution in [2.24, 2.45) is 0 Å². The van der Waals surface area contributed by atoms with Crippen molar-refractivity contribution in [3.63, 3.8) is 0 Å². The van der Waals surface area contributed by atoms with Crippen molar-refractivity contribution in [1.82, 2.24) is 5.32 Å². The topological polar surface area (TPSA) is 88.2 Å². The molecule has 1 N–H and O–H groups in total. The van der Waals surface area contributed by atoms with Gasteiger partial charge in [0.2, 0.25) is 6.79 Å². The lowest BCUT2D eigenvalue weighted by Crippen LogP contribution is -2.54. The fourth-order valence-corrected chi connectivity index (χ4v) is 5.82. The molecular weight excluding hydrogens is 458 g/mol. The molecule has 1 unspecified atom stereocenters. The van der Waals surface area contributed by atoms with Crippen LogP contribution in [0.3, 0.4) is 0 Å². The summed E-state index contributed by atoms with van der Waals surface area (Å²) in [5, 5.41) is 2.30. The molecule has 5 rings (SSSR count). The minimum atomic E-state index is -0.799. The van der Waals surface area contributed by atoms with Gasteiger partial charge in [0.05, 0.1) is 5.69 Å². The zero-order valence-electron chi connectivity index (χ0n) is 21.5. The van der Waals surface area contributed by atoms with Gasteiger partial charge in [-0.15, -0.1) is 0 Å². The quantitative estimate of drug-likeness (QED) is 0.488. The van der Waals surface area contributed by atoms with E-state index in [1.165, 1.54) is 11.3 Å². The number of anilines is 2. The number of imide groups is 2. The minimum Gasteiger partial charge on any atom is -0.454 e. The predicted octanol–water partition coefficient (Wildman–Crippen LogP) is 4.89. The number of fused-ring (bicyclic) bond motifs is 2. The van der Waals surface area contributed by atoms with Gasteiger partial charge in [-0.3, -0.25) is 14.9 Å². The zero-order chi connectivity index (χ0) is 25.9. The summed E-state index contributed by atoms with van der Waals surface area (Å²) in [5.74, 6) is -0.110. The molecular formula is C28H31N3O5. The lowest BCUT2D eigenvalue weighted by atomic mass is 9.78. The van der Waals surface area contributed by atoms with Gasteiger partial charge in [0, 0.05) is 23.3 Å². The second-order valence-electron chi connectivity index (χ2n) is 10.6. The monoisotopic (exact) mass is 489 g/mol. The molecule has 0 aliphatic carbocycles. The molecule has 3 aliphatic heterocycles. The maximum absolute atomic E-state index is 13.4. The summed E-state index contributed by atoms with van der Waals surface area (Å²) in [7, 11) is 0.